The van der Waals surface area contributed by atoms with Gasteiger partial charge < -0.3 is 15.1 Å². The molecule has 34 heavy (non-hydrogen) atoms. The quantitative estimate of drug-likeness (QED) is 0.122. The first-order valence-corrected chi connectivity index (χ1v) is 11.1. The van der Waals surface area contributed by atoms with Gasteiger partial charge in [-0.05, 0) is 42.7 Å². The maximum absolute atomic E-state index is 13.0. The Bertz CT molecular complexity index is 1180. The minimum atomic E-state index is -1.01. The largest absolute Gasteiger partial charge is 0.507 e. The van der Waals surface area contributed by atoms with Crippen molar-refractivity contribution in [2.45, 2.75) is 31.7 Å². The average Bonchev–Trinajstić information content (AvgIpc) is 3.03. The number of aliphatic hydroxyl groups excluding tert-OH is 1. The third-order valence-corrected chi connectivity index (χ3v) is 6.00. The summed E-state index contributed by atoms with van der Waals surface area (Å²) in [5.41, 5.74) is 0.101. The molecule has 0 aliphatic carbocycles. The van der Waals surface area contributed by atoms with Crippen molar-refractivity contribution in [3.8, 4) is 0 Å². The number of likely N-dealkylation sites (tertiary alicyclic amines) is 1. The number of Topliss-reactive ketones (excluding diaryl/α,β-unsaturated/α-hetero) is 1. The van der Waals surface area contributed by atoms with Gasteiger partial charge in [0.05, 0.1) is 16.5 Å². The summed E-state index contributed by atoms with van der Waals surface area (Å²) in [6.45, 7) is 0.130. The lowest BCUT2D eigenvalue weighted by molar-refractivity contribution is -0.384. The van der Waals surface area contributed by atoms with Gasteiger partial charge in [-0.2, -0.15) is 0 Å². The van der Waals surface area contributed by atoms with Gasteiger partial charge in [0.25, 0.3) is 17.4 Å². The Morgan fingerprint density at radius 2 is 1.71 bits per heavy atom. The molecule has 2 N–H and O–H groups in total. The van der Waals surface area contributed by atoms with Crippen LogP contribution in [0.3, 0.4) is 0 Å². The zero-order valence-electron chi connectivity index (χ0n) is 17.7. The zero-order chi connectivity index (χ0) is 25.0. The number of rotatable bonds is 9. The summed E-state index contributed by atoms with van der Waals surface area (Å²) in [6.07, 6.45) is 1.35. The Balaban J connectivity index is 2.03. The highest BCUT2D eigenvalue weighted by Gasteiger charge is 2.46. The van der Waals surface area contributed by atoms with E-state index in [1.807, 2.05) is 0 Å². The van der Waals surface area contributed by atoms with E-state index in [0.717, 1.165) is 0 Å². The number of carbonyl (C=O) groups is 3. The summed E-state index contributed by atoms with van der Waals surface area (Å²) in [6, 6.07) is 8.47. The van der Waals surface area contributed by atoms with E-state index in [-0.39, 0.29) is 34.8 Å². The van der Waals surface area contributed by atoms with Gasteiger partial charge in [0.15, 0.2) is 0 Å². The Morgan fingerprint density at radius 1 is 1.03 bits per heavy atom. The SMILES string of the molecule is O=C(O)CCCCCN1C(=O)C(=O)/C(=C(/O)c2ccc([N+](=O)[O-])cc2)C1c1ccc(Cl)cc1Cl. The molecule has 1 heterocycles. The summed E-state index contributed by atoms with van der Waals surface area (Å²) < 4.78 is 0. The van der Waals surface area contributed by atoms with Crippen molar-refractivity contribution in [3.05, 3.63) is 79.3 Å². The molecule has 0 saturated carbocycles. The topological polar surface area (TPSA) is 138 Å². The summed E-state index contributed by atoms with van der Waals surface area (Å²) in [7, 11) is 0. The van der Waals surface area contributed by atoms with Gasteiger partial charge in [-0.15, -0.1) is 0 Å². The molecular weight excluding hydrogens is 487 g/mol. The van der Waals surface area contributed by atoms with E-state index in [2.05, 4.69) is 0 Å². The molecule has 1 aliphatic heterocycles. The number of aliphatic carboxylic acids is 1. The fourth-order valence-electron chi connectivity index (χ4n) is 3.79. The van der Waals surface area contributed by atoms with Crippen LogP contribution in [0.1, 0.15) is 42.9 Å². The smallest absolute Gasteiger partial charge is 0.303 e. The van der Waals surface area contributed by atoms with E-state index in [9.17, 15) is 29.6 Å². The number of halogens is 2. The normalized spacial score (nSPS) is 17.2. The molecular formula is C23H20Cl2N2O7. The number of carboxylic acid groups (broad SMARTS) is 1. The Hall–Kier alpha value is -3.43. The lowest BCUT2D eigenvalue weighted by Crippen LogP contribution is -2.30. The Labute approximate surface area is 204 Å². The van der Waals surface area contributed by atoms with Crippen LogP contribution >= 0.6 is 23.2 Å². The monoisotopic (exact) mass is 506 g/mol. The molecule has 1 amide bonds. The summed E-state index contributed by atoms with van der Waals surface area (Å²) >= 11 is 12.4. The summed E-state index contributed by atoms with van der Waals surface area (Å²) in [4.78, 5) is 48.2. The molecule has 0 bridgehead atoms. The fourth-order valence-corrected chi connectivity index (χ4v) is 4.30. The van der Waals surface area contributed by atoms with E-state index in [4.69, 9.17) is 28.3 Å². The van der Waals surface area contributed by atoms with Gasteiger partial charge in [0.2, 0.25) is 0 Å². The van der Waals surface area contributed by atoms with E-state index in [1.165, 1.54) is 35.2 Å². The van der Waals surface area contributed by atoms with Crippen molar-refractivity contribution < 1.29 is 29.5 Å². The fraction of sp³-hybridized carbons (Fsp3) is 0.261. The van der Waals surface area contributed by atoms with Crippen molar-refractivity contribution in [3.63, 3.8) is 0 Å². The molecule has 1 saturated heterocycles. The number of nitrogens with zero attached hydrogens (tertiary/aromatic N) is 2. The maximum atomic E-state index is 13.0. The first-order chi connectivity index (χ1) is 16.1. The van der Waals surface area contributed by atoms with Crippen LogP contribution in [-0.4, -0.2) is 44.2 Å². The van der Waals surface area contributed by atoms with Crippen LogP contribution in [0.5, 0.6) is 0 Å². The zero-order valence-corrected chi connectivity index (χ0v) is 19.3. The molecule has 11 heteroatoms. The molecule has 178 valence electrons. The van der Waals surface area contributed by atoms with Gasteiger partial charge in [-0.1, -0.05) is 35.7 Å². The second-order valence-electron chi connectivity index (χ2n) is 7.67. The number of nitro groups is 1. The standard InChI is InChI=1S/C23H20Cl2N2O7/c24-14-7-10-16(17(25)12-14)20-19(21(30)13-5-8-15(9-6-13)27(33)34)22(31)23(32)26(20)11-3-1-2-4-18(28)29/h5-10,12,20,30H,1-4,11H2,(H,28,29)/b21-19+. The maximum Gasteiger partial charge on any atom is 0.303 e. The second-order valence-corrected chi connectivity index (χ2v) is 8.51. The molecule has 1 fully saturated rings. The Kier molecular flexibility index (Phi) is 7.90. The van der Waals surface area contributed by atoms with Gasteiger partial charge >= 0.3 is 5.97 Å². The molecule has 9 nitrogen and oxygen atoms in total. The molecule has 2 aromatic rings. The molecule has 2 aromatic carbocycles. The number of nitro benzene ring substituents is 1. The van der Waals surface area contributed by atoms with Crippen LogP contribution in [0.25, 0.3) is 5.76 Å². The lowest BCUT2D eigenvalue weighted by atomic mass is 9.95. The van der Waals surface area contributed by atoms with E-state index in [0.29, 0.717) is 29.8 Å². The van der Waals surface area contributed by atoms with E-state index >= 15 is 0 Å². The molecule has 3 rings (SSSR count). The van der Waals surface area contributed by atoms with Gasteiger partial charge in [0, 0.05) is 40.7 Å². The highest BCUT2D eigenvalue weighted by Crippen LogP contribution is 2.42. The van der Waals surface area contributed by atoms with Crippen molar-refractivity contribution in [1.82, 2.24) is 4.90 Å². The highest BCUT2D eigenvalue weighted by atomic mass is 35.5. The number of carboxylic acids is 1. The van der Waals surface area contributed by atoms with Crippen LogP contribution in [-0.2, 0) is 14.4 Å². The number of aliphatic hydroxyl groups is 1. The molecule has 0 spiro atoms. The first-order valence-electron chi connectivity index (χ1n) is 10.3. The van der Waals surface area contributed by atoms with E-state index in [1.54, 1.807) is 12.1 Å². The number of hydrogen-bond acceptors (Lipinski definition) is 6. The average molecular weight is 507 g/mol. The van der Waals surface area contributed by atoms with Gasteiger partial charge in [-0.25, -0.2) is 0 Å². The minimum absolute atomic E-state index is 0.00853. The van der Waals surface area contributed by atoms with Crippen LogP contribution in [0, 0.1) is 10.1 Å². The van der Waals surface area contributed by atoms with E-state index < -0.39 is 34.4 Å². The van der Waals surface area contributed by atoms with Gasteiger partial charge in [-0.3, -0.25) is 24.5 Å². The number of non-ortho nitro benzene ring substituents is 1. The number of unbranched alkanes of at least 4 members (excludes halogenated alkanes) is 2. The van der Waals surface area contributed by atoms with Crippen molar-refractivity contribution in [2.24, 2.45) is 0 Å². The van der Waals surface area contributed by atoms with Crippen molar-refractivity contribution in [1.29, 1.82) is 0 Å². The van der Waals surface area contributed by atoms with Gasteiger partial charge in [0.1, 0.15) is 5.76 Å². The molecule has 1 aliphatic rings. The highest BCUT2D eigenvalue weighted by molar-refractivity contribution is 6.47. The molecule has 1 unspecified atom stereocenters. The summed E-state index contributed by atoms with van der Waals surface area (Å²) in [5.74, 6) is -3.16. The molecule has 0 aromatic heterocycles. The third kappa shape index (κ3) is 5.37. The summed E-state index contributed by atoms with van der Waals surface area (Å²) in [5, 5.41) is 31.2. The number of carbonyl (C=O) groups excluding carboxylic acids is 2. The molecule has 1 atom stereocenters. The number of hydrogen-bond donors (Lipinski definition) is 2. The minimum Gasteiger partial charge on any atom is -0.507 e. The second kappa shape index (κ2) is 10.7. The van der Waals surface area contributed by atoms with Crippen LogP contribution in [0.4, 0.5) is 5.69 Å². The first kappa shape index (κ1) is 25.2. The third-order valence-electron chi connectivity index (χ3n) is 5.44. The predicted molar refractivity (Wildman–Crippen MR) is 125 cm³/mol. The number of ketones is 1. The Morgan fingerprint density at radius 3 is 2.29 bits per heavy atom. The lowest BCUT2D eigenvalue weighted by Gasteiger charge is -2.26. The van der Waals surface area contributed by atoms with Crippen molar-refractivity contribution in [2.75, 3.05) is 6.54 Å². The van der Waals surface area contributed by atoms with Crippen LogP contribution < -0.4 is 0 Å². The number of amides is 1. The molecule has 0 radical (unpaired) electrons. The predicted octanol–water partition coefficient (Wildman–Crippen LogP) is 4.97. The van der Waals surface area contributed by atoms with Crippen molar-refractivity contribution >= 4 is 52.3 Å². The number of benzene rings is 2. The van der Waals surface area contributed by atoms with Crippen LogP contribution in [0.2, 0.25) is 10.0 Å². The van der Waals surface area contributed by atoms with Crippen LogP contribution in [0.15, 0.2) is 48.0 Å².